The first-order valence-corrected chi connectivity index (χ1v) is 8.83. The van der Waals surface area contributed by atoms with Crippen molar-refractivity contribution in [1.29, 1.82) is 0 Å². The molecule has 0 aliphatic carbocycles. The normalized spacial score (nSPS) is 11.5. The van der Waals surface area contributed by atoms with Gasteiger partial charge in [0, 0.05) is 6.42 Å². The van der Waals surface area contributed by atoms with Crippen LogP contribution in [0.1, 0.15) is 37.7 Å². The molecule has 1 rings (SSSR count). The van der Waals surface area contributed by atoms with Crippen LogP contribution >= 0.6 is 15.9 Å². The fourth-order valence-corrected chi connectivity index (χ4v) is 2.14. The summed E-state index contributed by atoms with van der Waals surface area (Å²) in [4.78, 5) is 33.7. The Morgan fingerprint density at radius 2 is 1.75 bits per heavy atom. The number of carboxylic acid groups (broad SMARTS) is 1. The number of esters is 2. The minimum absolute atomic E-state index is 0.0377. The Morgan fingerprint density at radius 1 is 1.04 bits per heavy atom. The molecule has 1 aromatic rings. The number of carbonyl (C=O) groups excluding carboxylic acids is 2. The number of rotatable bonds is 11. The Morgan fingerprint density at radius 3 is 2.38 bits per heavy atom. The molecule has 1 N–H and O–H groups in total. The van der Waals surface area contributed by atoms with E-state index in [0.29, 0.717) is 19.3 Å². The summed E-state index contributed by atoms with van der Waals surface area (Å²) in [6, 6.07) is 9.42. The molecule has 1 unspecified atom stereocenters. The molecule has 0 radical (unpaired) electrons. The highest BCUT2D eigenvalue weighted by molar-refractivity contribution is 9.09. The number of ether oxygens (including phenoxy) is 2. The van der Waals surface area contributed by atoms with Gasteiger partial charge in [-0.15, -0.1) is 0 Å². The fraction of sp³-hybridized carbons (Fsp3) is 0.471. The van der Waals surface area contributed by atoms with E-state index < -0.39 is 18.0 Å². The molecule has 0 aliphatic rings. The second kappa shape index (κ2) is 11.6. The third kappa shape index (κ3) is 8.67. The number of carboxylic acids is 1. The Balaban J connectivity index is 2.14. The van der Waals surface area contributed by atoms with Crippen LogP contribution in [0.15, 0.2) is 30.3 Å². The van der Waals surface area contributed by atoms with E-state index in [2.05, 4.69) is 15.9 Å². The highest BCUT2D eigenvalue weighted by Gasteiger charge is 2.21. The van der Waals surface area contributed by atoms with Gasteiger partial charge in [-0.25, -0.2) is 4.79 Å². The van der Waals surface area contributed by atoms with Crippen molar-refractivity contribution in [2.75, 3.05) is 5.33 Å². The minimum atomic E-state index is -1.16. The second-order valence-corrected chi connectivity index (χ2v) is 5.76. The molecule has 0 bridgehead atoms. The number of unbranched alkanes of at least 4 members (excludes halogenated alkanes) is 2. The SMILES string of the molecule is O=C(CCCCCC(OC(=O)CBr)C(=O)O)OCc1ccccc1. The number of hydrogen-bond donors (Lipinski definition) is 1. The summed E-state index contributed by atoms with van der Waals surface area (Å²) in [7, 11) is 0. The third-order valence-electron chi connectivity index (χ3n) is 3.25. The monoisotopic (exact) mass is 400 g/mol. The number of hydrogen-bond acceptors (Lipinski definition) is 5. The standard InChI is InChI=1S/C17H21BrO6/c18-11-16(20)24-14(17(21)22)9-5-2-6-10-15(19)23-12-13-7-3-1-4-8-13/h1,3-4,7-8,14H,2,5-6,9-12H2,(H,21,22). The third-order valence-corrected chi connectivity index (χ3v) is 3.71. The number of carbonyl (C=O) groups is 3. The van der Waals surface area contributed by atoms with E-state index in [1.807, 2.05) is 30.3 Å². The number of aliphatic carboxylic acids is 1. The highest BCUT2D eigenvalue weighted by atomic mass is 79.9. The van der Waals surface area contributed by atoms with E-state index in [1.54, 1.807) is 0 Å². The van der Waals surface area contributed by atoms with Crippen molar-refractivity contribution in [2.24, 2.45) is 0 Å². The summed E-state index contributed by atoms with van der Waals surface area (Å²) >= 11 is 2.91. The summed E-state index contributed by atoms with van der Waals surface area (Å²) in [5, 5.41) is 8.94. The Bertz CT molecular complexity index is 531. The Labute approximate surface area is 149 Å². The molecule has 1 aromatic carbocycles. The molecule has 0 aromatic heterocycles. The summed E-state index contributed by atoms with van der Waals surface area (Å²) in [5.74, 6) is -2.04. The Kier molecular flexibility index (Phi) is 9.76. The zero-order valence-corrected chi connectivity index (χ0v) is 14.9. The topological polar surface area (TPSA) is 89.9 Å². The van der Waals surface area contributed by atoms with Gasteiger partial charge < -0.3 is 14.6 Å². The van der Waals surface area contributed by atoms with E-state index in [-0.39, 0.29) is 30.7 Å². The van der Waals surface area contributed by atoms with Crippen molar-refractivity contribution < 1.29 is 29.0 Å². The van der Waals surface area contributed by atoms with Crippen molar-refractivity contribution in [1.82, 2.24) is 0 Å². The molecular weight excluding hydrogens is 380 g/mol. The molecule has 0 amide bonds. The average molecular weight is 401 g/mol. The van der Waals surface area contributed by atoms with E-state index in [0.717, 1.165) is 5.56 Å². The van der Waals surface area contributed by atoms with Crippen molar-refractivity contribution in [3.8, 4) is 0 Å². The summed E-state index contributed by atoms with van der Waals surface area (Å²) in [6.45, 7) is 0.253. The van der Waals surface area contributed by atoms with Gasteiger partial charge in [0.25, 0.3) is 0 Å². The number of benzene rings is 1. The van der Waals surface area contributed by atoms with Gasteiger partial charge in [0.05, 0.1) is 0 Å². The average Bonchev–Trinajstić information content (AvgIpc) is 2.59. The van der Waals surface area contributed by atoms with Crippen LogP contribution in [0.25, 0.3) is 0 Å². The molecule has 7 heteroatoms. The lowest BCUT2D eigenvalue weighted by molar-refractivity contribution is -0.162. The van der Waals surface area contributed by atoms with E-state index in [4.69, 9.17) is 14.6 Å². The van der Waals surface area contributed by atoms with Gasteiger partial charge in [-0.3, -0.25) is 9.59 Å². The predicted molar refractivity (Wildman–Crippen MR) is 90.6 cm³/mol. The summed E-state index contributed by atoms with van der Waals surface area (Å²) in [5.41, 5.74) is 0.934. The predicted octanol–water partition coefficient (Wildman–Crippen LogP) is 3.07. The fourth-order valence-electron chi connectivity index (χ4n) is 2.01. The van der Waals surface area contributed by atoms with E-state index in [1.165, 1.54) is 0 Å². The van der Waals surface area contributed by atoms with Gasteiger partial charge >= 0.3 is 17.9 Å². The van der Waals surface area contributed by atoms with Gasteiger partial charge in [-0.05, 0) is 24.8 Å². The molecule has 0 saturated carbocycles. The van der Waals surface area contributed by atoms with Crippen LogP contribution in [0.4, 0.5) is 0 Å². The maximum atomic E-state index is 11.6. The maximum absolute atomic E-state index is 11.6. The van der Waals surface area contributed by atoms with Gasteiger partial charge in [0.15, 0.2) is 6.10 Å². The molecule has 0 aliphatic heterocycles. The van der Waals surface area contributed by atoms with Crippen molar-refractivity contribution in [2.45, 2.75) is 44.8 Å². The van der Waals surface area contributed by atoms with Gasteiger partial charge in [-0.1, -0.05) is 52.7 Å². The van der Waals surface area contributed by atoms with Gasteiger partial charge in [-0.2, -0.15) is 0 Å². The van der Waals surface area contributed by atoms with Crippen LogP contribution in [0.2, 0.25) is 0 Å². The molecule has 0 saturated heterocycles. The second-order valence-electron chi connectivity index (χ2n) is 5.20. The lowest BCUT2D eigenvalue weighted by Gasteiger charge is -2.12. The molecule has 0 spiro atoms. The van der Waals surface area contributed by atoms with Crippen molar-refractivity contribution in [3.63, 3.8) is 0 Å². The van der Waals surface area contributed by atoms with Gasteiger partial charge in [0.1, 0.15) is 11.9 Å². The summed E-state index contributed by atoms with van der Waals surface area (Å²) < 4.78 is 9.95. The molecule has 6 nitrogen and oxygen atoms in total. The molecule has 0 fully saturated rings. The first kappa shape index (κ1) is 20.2. The molecule has 24 heavy (non-hydrogen) atoms. The smallest absolute Gasteiger partial charge is 0.345 e. The molecule has 1 atom stereocenters. The largest absolute Gasteiger partial charge is 0.479 e. The molecule has 132 valence electrons. The summed E-state index contributed by atoms with van der Waals surface area (Å²) in [6.07, 6.45) is 1.19. The lowest BCUT2D eigenvalue weighted by Crippen LogP contribution is -2.27. The quantitative estimate of drug-likeness (QED) is 0.348. The van der Waals surface area contributed by atoms with Crippen molar-refractivity contribution >= 4 is 33.8 Å². The molecular formula is C17H21BrO6. The Hall–Kier alpha value is -1.89. The minimum Gasteiger partial charge on any atom is -0.479 e. The maximum Gasteiger partial charge on any atom is 0.345 e. The van der Waals surface area contributed by atoms with Gasteiger partial charge in [0.2, 0.25) is 0 Å². The number of alkyl halides is 1. The van der Waals surface area contributed by atoms with Crippen molar-refractivity contribution in [3.05, 3.63) is 35.9 Å². The molecule has 0 heterocycles. The van der Waals surface area contributed by atoms with Crippen LogP contribution in [0, 0.1) is 0 Å². The van der Waals surface area contributed by atoms with Crippen LogP contribution in [0.5, 0.6) is 0 Å². The van der Waals surface area contributed by atoms with E-state index in [9.17, 15) is 14.4 Å². The zero-order valence-electron chi connectivity index (χ0n) is 13.3. The lowest BCUT2D eigenvalue weighted by atomic mass is 10.1. The van der Waals surface area contributed by atoms with Crippen LogP contribution in [-0.4, -0.2) is 34.4 Å². The van der Waals surface area contributed by atoms with Crippen LogP contribution in [-0.2, 0) is 30.5 Å². The van der Waals surface area contributed by atoms with Crippen LogP contribution in [0.3, 0.4) is 0 Å². The van der Waals surface area contributed by atoms with Crippen LogP contribution < -0.4 is 0 Å². The first-order chi connectivity index (χ1) is 11.5. The van der Waals surface area contributed by atoms with E-state index >= 15 is 0 Å². The number of halogens is 1. The first-order valence-electron chi connectivity index (χ1n) is 7.70. The zero-order chi connectivity index (χ0) is 17.8. The highest BCUT2D eigenvalue weighted by Crippen LogP contribution is 2.11.